The van der Waals surface area contributed by atoms with Gasteiger partial charge in [-0.15, -0.1) is 0 Å². The maximum Gasteiger partial charge on any atom is 0.417 e. The molecular formula is C14H17ClF3NO. The molecule has 6 heteroatoms. The second kappa shape index (κ2) is 6.97. The van der Waals surface area contributed by atoms with Gasteiger partial charge in [-0.1, -0.05) is 37.5 Å². The summed E-state index contributed by atoms with van der Waals surface area (Å²) in [7, 11) is 0. The molecule has 112 valence electrons. The van der Waals surface area contributed by atoms with E-state index in [1.165, 1.54) is 12.1 Å². The van der Waals surface area contributed by atoms with Crippen molar-refractivity contribution in [2.75, 3.05) is 6.61 Å². The maximum absolute atomic E-state index is 13.0. The zero-order valence-electron chi connectivity index (χ0n) is 11.6. The molecule has 2 nitrogen and oxygen atoms in total. The number of hydrogen-bond donors (Lipinski definition) is 0. The standard InChI is InChI=1S/C14H17ClF3NO/c1-4-13(19-20-8-9(2)3)11-7-10(15)5-6-12(11)14(16,17)18/h5-7,9H,4,8H2,1-3H3. The Morgan fingerprint density at radius 3 is 2.50 bits per heavy atom. The smallest absolute Gasteiger partial charge is 0.395 e. The second-order valence-electron chi connectivity index (χ2n) is 4.77. The normalized spacial score (nSPS) is 12.9. The third-order valence-electron chi connectivity index (χ3n) is 2.52. The zero-order valence-corrected chi connectivity index (χ0v) is 12.3. The molecule has 0 saturated carbocycles. The van der Waals surface area contributed by atoms with Crippen LogP contribution in [-0.4, -0.2) is 12.3 Å². The van der Waals surface area contributed by atoms with E-state index in [9.17, 15) is 13.2 Å². The van der Waals surface area contributed by atoms with Crippen LogP contribution in [0.5, 0.6) is 0 Å². The van der Waals surface area contributed by atoms with Crippen LogP contribution in [0.2, 0.25) is 5.02 Å². The van der Waals surface area contributed by atoms with E-state index in [0.717, 1.165) is 6.07 Å². The molecule has 0 N–H and O–H groups in total. The van der Waals surface area contributed by atoms with E-state index in [2.05, 4.69) is 5.16 Å². The first-order valence-electron chi connectivity index (χ1n) is 6.31. The van der Waals surface area contributed by atoms with E-state index >= 15 is 0 Å². The molecule has 0 fully saturated rings. The molecule has 1 rings (SSSR count). The van der Waals surface area contributed by atoms with E-state index in [-0.39, 0.29) is 22.2 Å². The average Bonchev–Trinajstić information content (AvgIpc) is 2.32. The van der Waals surface area contributed by atoms with Crippen molar-refractivity contribution in [1.82, 2.24) is 0 Å². The van der Waals surface area contributed by atoms with Crippen molar-refractivity contribution in [2.45, 2.75) is 33.4 Å². The van der Waals surface area contributed by atoms with Gasteiger partial charge in [-0.05, 0) is 30.5 Å². The Labute approximate surface area is 121 Å². The Hall–Kier alpha value is -1.23. The minimum Gasteiger partial charge on any atom is -0.395 e. The van der Waals surface area contributed by atoms with Gasteiger partial charge in [0.1, 0.15) is 6.61 Å². The van der Waals surface area contributed by atoms with Gasteiger partial charge >= 0.3 is 6.18 Å². The molecule has 0 atom stereocenters. The fraction of sp³-hybridized carbons (Fsp3) is 0.500. The molecule has 0 bridgehead atoms. The van der Waals surface area contributed by atoms with Crippen molar-refractivity contribution in [3.8, 4) is 0 Å². The number of benzene rings is 1. The van der Waals surface area contributed by atoms with Crippen LogP contribution in [0.4, 0.5) is 13.2 Å². The van der Waals surface area contributed by atoms with E-state index < -0.39 is 11.7 Å². The number of halogens is 4. The Balaban J connectivity index is 3.17. The summed E-state index contributed by atoms with van der Waals surface area (Å²) in [6.45, 7) is 5.94. The number of nitrogens with zero attached hydrogens (tertiary/aromatic N) is 1. The monoisotopic (exact) mass is 307 g/mol. The lowest BCUT2D eigenvalue weighted by atomic mass is 10.0. The molecule has 0 aliphatic rings. The van der Waals surface area contributed by atoms with Gasteiger partial charge in [0.05, 0.1) is 11.3 Å². The van der Waals surface area contributed by atoms with Crippen LogP contribution in [0.25, 0.3) is 0 Å². The SMILES string of the molecule is CCC(=NOCC(C)C)c1cc(Cl)ccc1C(F)(F)F. The van der Waals surface area contributed by atoms with Crippen LogP contribution >= 0.6 is 11.6 Å². The molecular weight excluding hydrogens is 291 g/mol. The van der Waals surface area contributed by atoms with E-state index in [1.807, 2.05) is 13.8 Å². The van der Waals surface area contributed by atoms with E-state index in [4.69, 9.17) is 16.4 Å². The molecule has 0 saturated heterocycles. The molecule has 0 spiro atoms. The lowest BCUT2D eigenvalue weighted by Crippen LogP contribution is -2.14. The summed E-state index contributed by atoms with van der Waals surface area (Å²) in [6, 6.07) is 3.45. The Morgan fingerprint density at radius 1 is 1.35 bits per heavy atom. The third kappa shape index (κ3) is 4.71. The molecule has 1 aromatic carbocycles. The lowest BCUT2D eigenvalue weighted by Gasteiger charge is -2.14. The van der Waals surface area contributed by atoms with Crippen molar-refractivity contribution < 1.29 is 18.0 Å². The summed E-state index contributed by atoms with van der Waals surface area (Å²) in [5, 5.41) is 4.06. The van der Waals surface area contributed by atoms with Crippen molar-refractivity contribution in [2.24, 2.45) is 11.1 Å². The fourth-order valence-corrected chi connectivity index (χ4v) is 1.74. The first kappa shape index (κ1) is 16.8. The molecule has 0 unspecified atom stereocenters. The number of oxime groups is 1. The maximum atomic E-state index is 13.0. The predicted octanol–water partition coefficient (Wildman–Crippen LogP) is 5.15. The van der Waals surface area contributed by atoms with Crippen molar-refractivity contribution in [1.29, 1.82) is 0 Å². The van der Waals surface area contributed by atoms with Gasteiger partial charge in [-0.2, -0.15) is 13.2 Å². The van der Waals surface area contributed by atoms with E-state index in [1.54, 1.807) is 6.92 Å². The topological polar surface area (TPSA) is 21.6 Å². The Morgan fingerprint density at radius 2 is 2.00 bits per heavy atom. The quantitative estimate of drug-likeness (QED) is 0.545. The Kier molecular flexibility index (Phi) is 5.87. The van der Waals surface area contributed by atoms with Crippen LogP contribution in [0.1, 0.15) is 38.3 Å². The minimum atomic E-state index is -4.45. The molecule has 0 aliphatic heterocycles. The van der Waals surface area contributed by atoms with Crippen molar-refractivity contribution in [3.05, 3.63) is 34.3 Å². The molecule has 0 aromatic heterocycles. The van der Waals surface area contributed by atoms with Gasteiger partial charge in [0.25, 0.3) is 0 Å². The average molecular weight is 308 g/mol. The first-order valence-corrected chi connectivity index (χ1v) is 6.69. The van der Waals surface area contributed by atoms with Crippen LogP contribution in [0.3, 0.4) is 0 Å². The summed E-state index contributed by atoms with van der Waals surface area (Å²) >= 11 is 5.79. The van der Waals surface area contributed by atoms with Crippen LogP contribution in [-0.2, 0) is 11.0 Å². The highest BCUT2D eigenvalue weighted by atomic mass is 35.5. The van der Waals surface area contributed by atoms with Gasteiger partial charge in [0.2, 0.25) is 0 Å². The summed E-state index contributed by atoms with van der Waals surface area (Å²) in [5.74, 6) is 0.248. The number of alkyl halides is 3. The third-order valence-corrected chi connectivity index (χ3v) is 2.75. The molecule has 0 amide bonds. The largest absolute Gasteiger partial charge is 0.417 e. The highest BCUT2D eigenvalue weighted by Crippen LogP contribution is 2.34. The number of rotatable bonds is 5. The van der Waals surface area contributed by atoms with Crippen molar-refractivity contribution in [3.63, 3.8) is 0 Å². The minimum absolute atomic E-state index is 0.0312. The number of hydrogen-bond acceptors (Lipinski definition) is 2. The lowest BCUT2D eigenvalue weighted by molar-refractivity contribution is -0.137. The fourth-order valence-electron chi connectivity index (χ4n) is 1.57. The first-order chi connectivity index (χ1) is 9.25. The van der Waals surface area contributed by atoms with Gasteiger partial charge < -0.3 is 4.84 Å². The van der Waals surface area contributed by atoms with Gasteiger partial charge in [0.15, 0.2) is 0 Å². The van der Waals surface area contributed by atoms with Crippen LogP contribution in [0, 0.1) is 5.92 Å². The molecule has 1 aromatic rings. The highest BCUT2D eigenvalue weighted by Gasteiger charge is 2.34. The van der Waals surface area contributed by atoms with E-state index in [0.29, 0.717) is 13.0 Å². The molecule has 0 aliphatic carbocycles. The summed E-state index contributed by atoms with van der Waals surface area (Å²) in [5.41, 5.74) is -0.549. The Bertz CT molecular complexity index is 484. The summed E-state index contributed by atoms with van der Waals surface area (Å²) in [4.78, 5) is 5.09. The van der Waals surface area contributed by atoms with Gasteiger partial charge in [-0.25, -0.2) is 0 Å². The highest BCUT2D eigenvalue weighted by molar-refractivity contribution is 6.31. The van der Waals surface area contributed by atoms with Crippen molar-refractivity contribution >= 4 is 17.3 Å². The zero-order chi connectivity index (χ0) is 15.3. The predicted molar refractivity (Wildman–Crippen MR) is 74.1 cm³/mol. The second-order valence-corrected chi connectivity index (χ2v) is 5.21. The van der Waals surface area contributed by atoms with Gasteiger partial charge in [0, 0.05) is 10.6 Å². The summed E-state index contributed by atoms with van der Waals surface area (Å²) in [6.07, 6.45) is -4.13. The molecule has 20 heavy (non-hydrogen) atoms. The van der Waals surface area contributed by atoms with Crippen LogP contribution in [0.15, 0.2) is 23.4 Å². The van der Waals surface area contributed by atoms with Gasteiger partial charge in [-0.3, -0.25) is 0 Å². The summed E-state index contributed by atoms with van der Waals surface area (Å²) < 4.78 is 39.0. The van der Waals surface area contributed by atoms with Crippen LogP contribution < -0.4 is 0 Å². The molecule has 0 radical (unpaired) electrons. The molecule has 0 heterocycles.